The highest BCUT2D eigenvalue weighted by molar-refractivity contribution is 7.89. The van der Waals surface area contributed by atoms with E-state index in [1.165, 1.54) is 24.3 Å². The molecule has 0 aliphatic rings. The van der Waals surface area contributed by atoms with Crippen LogP contribution in [0, 0.1) is 11.7 Å². The van der Waals surface area contributed by atoms with Gasteiger partial charge < -0.3 is 9.84 Å². The SMILES string of the molecule is CC(C)CN(CCOc1ccc(S(N)(=O)=O)cc1)CC(O)c1ccc(F)cc1. The van der Waals surface area contributed by atoms with Gasteiger partial charge in [0.15, 0.2) is 0 Å². The van der Waals surface area contributed by atoms with Crippen molar-refractivity contribution in [3.05, 3.63) is 59.9 Å². The zero-order valence-corrected chi connectivity index (χ0v) is 16.9. The Hall–Kier alpha value is -2.00. The van der Waals surface area contributed by atoms with Crippen LogP contribution in [-0.2, 0) is 10.0 Å². The average molecular weight is 411 g/mol. The highest BCUT2D eigenvalue weighted by Crippen LogP contribution is 2.17. The van der Waals surface area contributed by atoms with E-state index >= 15 is 0 Å². The van der Waals surface area contributed by atoms with E-state index in [0.717, 1.165) is 6.54 Å². The van der Waals surface area contributed by atoms with Crippen LogP contribution in [0.15, 0.2) is 53.4 Å². The van der Waals surface area contributed by atoms with Gasteiger partial charge >= 0.3 is 0 Å². The molecule has 0 saturated heterocycles. The molecule has 28 heavy (non-hydrogen) atoms. The first kappa shape index (κ1) is 22.3. The van der Waals surface area contributed by atoms with Crippen LogP contribution >= 0.6 is 0 Å². The van der Waals surface area contributed by atoms with Gasteiger partial charge in [-0.2, -0.15) is 0 Å². The summed E-state index contributed by atoms with van der Waals surface area (Å²) in [5, 5.41) is 15.5. The Morgan fingerprint density at radius 3 is 2.21 bits per heavy atom. The Labute approximate surface area is 165 Å². The van der Waals surface area contributed by atoms with E-state index in [-0.39, 0.29) is 10.7 Å². The van der Waals surface area contributed by atoms with Crippen LogP contribution in [-0.4, -0.2) is 44.7 Å². The molecule has 154 valence electrons. The zero-order chi connectivity index (χ0) is 20.7. The van der Waals surface area contributed by atoms with Crippen LogP contribution < -0.4 is 9.88 Å². The second-order valence-corrected chi connectivity index (χ2v) is 8.65. The van der Waals surface area contributed by atoms with E-state index < -0.39 is 16.1 Å². The number of ether oxygens (including phenoxy) is 1. The minimum absolute atomic E-state index is 0.0312. The summed E-state index contributed by atoms with van der Waals surface area (Å²) in [4.78, 5) is 2.11. The van der Waals surface area contributed by atoms with Crippen LogP contribution in [0.2, 0.25) is 0 Å². The number of benzene rings is 2. The fourth-order valence-corrected chi connectivity index (χ4v) is 3.34. The molecule has 0 saturated carbocycles. The minimum atomic E-state index is -3.72. The molecule has 1 unspecified atom stereocenters. The number of rotatable bonds is 10. The summed E-state index contributed by atoms with van der Waals surface area (Å²) in [5.41, 5.74) is 0.662. The molecule has 0 aliphatic carbocycles. The summed E-state index contributed by atoms with van der Waals surface area (Å²) in [6.07, 6.45) is -0.728. The van der Waals surface area contributed by atoms with Crippen molar-refractivity contribution in [2.45, 2.75) is 24.8 Å². The maximum Gasteiger partial charge on any atom is 0.238 e. The number of nitrogens with zero attached hydrogens (tertiary/aromatic N) is 1. The molecule has 0 spiro atoms. The molecule has 1 atom stereocenters. The maximum atomic E-state index is 13.1. The van der Waals surface area contributed by atoms with Crippen LogP contribution in [0.3, 0.4) is 0 Å². The lowest BCUT2D eigenvalue weighted by atomic mass is 10.1. The first-order valence-corrected chi connectivity index (χ1v) is 10.6. The lowest BCUT2D eigenvalue weighted by Gasteiger charge is -2.27. The molecule has 0 heterocycles. The molecule has 0 amide bonds. The number of sulfonamides is 1. The van der Waals surface area contributed by atoms with Gasteiger partial charge in [-0.05, 0) is 47.9 Å². The van der Waals surface area contributed by atoms with E-state index in [4.69, 9.17) is 9.88 Å². The fourth-order valence-electron chi connectivity index (χ4n) is 2.83. The van der Waals surface area contributed by atoms with Crippen molar-refractivity contribution in [2.24, 2.45) is 11.1 Å². The summed E-state index contributed by atoms with van der Waals surface area (Å²) in [6.45, 7) is 6.29. The Balaban J connectivity index is 1.91. The summed E-state index contributed by atoms with van der Waals surface area (Å²) >= 11 is 0. The molecule has 0 aromatic heterocycles. The Bertz CT molecular complexity index is 840. The molecule has 6 nitrogen and oxygen atoms in total. The molecule has 8 heteroatoms. The van der Waals surface area contributed by atoms with Gasteiger partial charge in [-0.3, -0.25) is 4.90 Å². The highest BCUT2D eigenvalue weighted by Gasteiger charge is 2.15. The molecule has 2 rings (SSSR count). The predicted octanol–water partition coefficient (Wildman–Crippen LogP) is 2.54. The van der Waals surface area contributed by atoms with Crippen LogP contribution in [0.1, 0.15) is 25.5 Å². The second kappa shape index (κ2) is 9.97. The van der Waals surface area contributed by atoms with Gasteiger partial charge in [-0.15, -0.1) is 0 Å². The summed E-state index contributed by atoms with van der Waals surface area (Å²) in [6, 6.07) is 11.7. The lowest BCUT2D eigenvalue weighted by Crippen LogP contribution is -2.35. The third-order valence-electron chi connectivity index (χ3n) is 4.14. The number of primary sulfonamides is 1. The van der Waals surface area contributed by atoms with Gasteiger partial charge in [0, 0.05) is 19.6 Å². The van der Waals surface area contributed by atoms with Crippen molar-refractivity contribution in [1.29, 1.82) is 0 Å². The summed E-state index contributed by atoms with van der Waals surface area (Å²) in [7, 11) is -3.72. The standard InChI is InChI=1S/C20H27FN2O4S/c1-15(2)13-23(14-20(24)16-3-5-17(21)6-4-16)11-12-27-18-7-9-19(10-8-18)28(22,25)26/h3-10,15,20,24H,11-14H2,1-2H3,(H2,22,25,26). The number of aliphatic hydroxyl groups excluding tert-OH is 1. The van der Waals surface area contributed by atoms with E-state index in [9.17, 15) is 17.9 Å². The van der Waals surface area contributed by atoms with E-state index in [1.807, 2.05) is 0 Å². The molecular weight excluding hydrogens is 383 g/mol. The van der Waals surface area contributed by atoms with Crippen LogP contribution in [0.25, 0.3) is 0 Å². The maximum absolute atomic E-state index is 13.1. The zero-order valence-electron chi connectivity index (χ0n) is 16.1. The number of hydrogen-bond acceptors (Lipinski definition) is 5. The first-order chi connectivity index (χ1) is 13.1. The summed E-state index contributed by atoms with van der Waals surface area (Å²) < 4.78 is 41.3. The molecule has 0 fully saturated rings. The number of nitrogens with two attached hydrogens (primary N) is 1. The molecule has 0 bridgehead atoms. The third-order valence-corrected chi connectivity index (χ3v) is 5.07. The highest BCUT2D eigenvalue weighted by atomic mass is 32.2. The largest absolute Gasteiger partial charge is 0.492 e. The molecule has 2 aromatic carbocycles. The normalized spacial score (nSPS) is 13.1. The Morgan fingerprint density at radius 2 is 1.68 bits per heavy atom. The van der Waals surface area contributed by atoms with Gasteiger partial charge in [-0.25, -0.2) is 17.9 Å². The van der Waals surface area contributed by atoms with Crippen molar-refractivity contribution in [3.8, 4) is 5.75 Å². The van der Waals surface area contributed by atoms with Crippen LogP contribution in [0.5, 0.6) is 5.75 Å². The number of hydrogen-bond donors (Lipinski definition) is 2. The van der Waals surface area contributed by atoms with Crippen molar-refractivity contribution >= 4 is 10.0 Å². The predicted molar refractivity (Wildman–Crippen MR) is 106 cm³/mol. The number of halogens is 1. The van der Waals surface area contributed by atoms with Gasteiger partial charge in [0.25, 0.3) is 0 Å². The van der Waals surface area contributed by atoms with E-state index in [2.05, 4.69) is 18.7 Å². The molecule has 0 radical (unpaired) electrons. The molecular formula is C20H27FN2O4S. The first-order valence-electron chi connectivity index (χ1n) is 9.06. The lowest BCUT2D eigenvalue weighted by molar-refractivity contribution is 0.0957. The molecule has 2 aromatic rings. The Morgan fingerprint density at radius 1 is 1.07 bits per heavy atom. The fraction of sp³-hybridized carbons (Fsp3) is 0.400. The third kappa shape index (κ3) is 7.20. The smallest absolute Gasteiger partial charge is 0.238 e. The van der Waals surface area contributed by atoms with Gasteiger partial charge in [0.2, 0.25) is 10.0 Å². The average Bonchev–Trinajstić information content (AvgIpc) is 2.61. The van der Waals surface area contributed by atoms with Crippen molar-refractivity contribution < 1.29 is 22.7 Å². The molecule has 0 aliphatic heterocycles. The van der Waals surface area contributed by atoms with Crippen molar-refractivity contribution in [2.75, 3.05) is 26.2 Å². The topological polar surface area (TPSA) is 92.9 Å². The Kier molecular flexibility index (Phi) is 7.94. The van der Waals surface area contributed by atoms with Crippen molar-refractivity contribution in [1.82, 2.24) is 4.90 Å². The van der Waals surface area contributed by atoms with Gasteiger partial charge in [-0.1, -0.05) is 26.0 Å². The van der Waals surface area contributed by atoms with E-state index in [0.29, 0.717) is 36.9 Å². The van der Waals surface area contributed by atoms with Gasteiger partial charge in [0.1, 0.15) is 18.2 Å². The van der Waals surface area contributed by atoms with E-state index in [1.54, 1.807) is 24.3 Å². The quantitative estimate of drug-likeness (QED) is 0.628. The van der Waals surface area contributed by atoms with Crippen molar-refractivity contribution in [3.63, 3.8) is 0 Å². The van der Waals surface area contributed by atoms with Gasteiger partial charge in [0.05, 0.1) is 11.0 Å². The minimum Gasteiger partial charge on any atom is -0.492 e. The molecule has 3 N–H and O–H groups in total. The summed E-state index contributed by atoms with van der Waals surface area (Å²) in [5.74, 6) is 0.599. The number of aliphatic hydroxyl groups is 1. The monoisotopic (exact) mass is 410 g/mol. The second-order valence-electron chi connectivity index (χ2n) is 7.09. The van der Waals surface area contributed by atoms with Crippen LogP contribution in [0.4, 0.5) is 4.39 Å².